The van der Waals surface area contributed by atoms with Gasteiger partial charge in [0.25, 0.3) is 11.8 Å². The van der Waals surface area contributed by atoms with Gasteiger partial charge >= 0.3 is 0 Å². The fourth-order valence-electron chi connectivity index (χ4n) is 3.92. The summed E-state index contributed by atoms with van der Waals surface area (Å²) in [5, 5.41) is 0. The molecular weight excluding hydrogens is 362 g/mol. The molecule has 2 aliphatic rings. The van der Waals surface area contributed by atoms with Gasteiger partial charge in [0.15, 0.2) is 11.8 Å². The van der Waals surface area contributed by atoms with E-state index in [-0.39, 0.29) is 24.1 Å². The Bertz CT molecular complexity index is 887. The molecule has 4 rings (SSSR count). The fourth-order valence-corrected chi connectivity index (χ4v) is 3.92. The van der Waals surface area contributed by atoms with Gasteiger partial charge < -0.3 is 19.0 Å². The van der Waals surface area contributed by atoms with E-state index >= 15 is 0 Å². The molecule has 8 heteroatoms. The predicted molar refractivity (Wildman–Crippen MR) is 99.2 cm³/mol. The van der Waals surface area contributed by atoms with Gasteiger partial charge in [0.1, 0.15) is 5.75 Å². The molecule has 1 atom stereocenters. The highest BCUT2D eigenvalue weighted by atomic mass is 16.5. The highest BCUT2D eigenvalue weighted by Crippen LogP contribution is 2.31. The number of benzene rings is 1. The van der Waals surface area contributed by atoms with Crippen molar-refractivity contribution in [1.82, 2.24) is 4.90 Å². The Balaban J connectivity index is 1.44. The van der Waals surface area contributed by atoms with E-state index < -0.39 is 6.04 Å². The first-order chi connectivity index (χ1) is 13.6. The minimum absolute atomic E-state index is 0.145. The zero-order valence-electron chi connectivity index (χ0n) is 15.6. The number of amides is 3. The summed E-state index contributed by atoms with van der Waals surface area (Å²) in [5.74, 6) is 0.233. The second-order valence-corrected chi connectivity index (χ2v) is 6.92. The Kier molecular flexibility index (Phi) is 4.87. The number of nitrogens with one attached hydrogen (secondary N) is 1. The first-order valence-corrected chi connectivity index (χ1v) is 9.27. The van der Waals surface area contributed by atoms with Gasteiger partial charge in [0.2, 0.25) is 5.91 Å². The minimum atomic E-state index is -0.432. The third kappa shape index (κ3) is 3.16. The number of carbonyl (C=O) groups is 3. The molecule has 1 aromatic carbocycles. The molecule has 8 nitrogen and oxygen atoms in total. The summed E-state index contributed by atoms with van der Waals surface area (Å²) in [6.07, 6.45) is 1.64. The molecule has 28 heavy (non-hydrogen) atoms. The standard InChI is InChI=1S/C20H21N3O5/c1-27-16-6-3-2-5-14(16)23-18(24)13-15(19(23)25)21-8-10-22(11-9-21)20(26)17-7-4-12-28-17/h2-7,12,15H,8-11,13H2,1H3/p+1/t15-/m0/s1. The van der Waals surface area contributed by atoms with Crippen LogP contribution < -0.4 is 14.5 Å². The van der Waals surface area contributed by atoms with Crippen LogP contribution in [-0.2, 0) is 9.59 Å². The van der Waals surface area contributed by atoms with Crippen molar-refractivity contribution >= 4 is 23.4 Å². The molecule has 1 N–H and O–H groups in total. The van der Waals surface area contributed by atoms with Crippen LogP contribution in [0.15, 0.2) is 47.1 Å². The van der Waals surface area contributed by atoms with Crippen LogP contribution in [0.1, 0.15) is 17.0 Å². The van der Waals surface area contributed by atoms with Gasteiger partial charge in [-0.15, -0.1) is 0 Å². The molecule has 2 aliphatic heterocycles. The number of nitrogens with zero attached hydrogens (tertiary/aromatic N) is 2. The molecule has 0 radical (unpaired) electrons. The number of para-hydroxylation sites is 2. The highest BCUT2D eigenvalue weighted by molar-refractivity contribution is 6.22. The van der Waals surface area contributed by atoms with Crippen molar-refractivity contribution in [3.05, 3.63) is 48.4 Å². The SMILES string of the molecule is COc1ccccc1N1C(=O)C[C@H]([NH+]2CCN(C(=O)c3ccco3)CC2)C1=O. The number of quaternary nitrogens is 1. The number of hydrogen-bond donors (Lipinski definition) is 1. The summed E-state index contributed by atoms with van der Waals surface area (Å²) in [7, 11) is 1.52. The molecule has 0 aliphatic carbocycles. The van der Waals surface area contributed by atoms with Crippen molar-refractivity contribution in [2.24, 2.45) is 0 Å². The summed E-state index contributed by atoms with van der Waals surface area (Å²) < 4.78 is 10.5. The lowest BCUT2D eigenvalue weighted by atomic mass is 10.1. The van der Waals surface area contributed by atoms with E-state index in [2.05, 4.69) is 0 Å². The van der Waals surface area contributed by atoms with E-state index in [1.807, 2.05) is 0 Å². The second-order valence-electron chi connectivity index (χ2n) is 6.92. The van der Waals surface area contributed by atoms with Gasteiger partial charge in [-0.2, -0.15) is 0 Å². The largest absolute Gasteiger partial charge is 0.495 e. The number of furan rings is 1. The zero-order valence-corrected chi connectivity index (χ0v) is 15.6. The molecule has 146 valence electrons. The van der Waals surface area contributed by atoms with E-state index in [1.165, 1.54) is 18.3 Å². The van der Waals surface area contributed by atoms with Gasteiger partial charge in [0.05, 0.1) is 51.7 Å². The molecule has 0 saturated carbocycles. The lowest BCUT2D eigenvalue weighted by Gasteiger charge is -2.34. The maximum atomic E-state index is 13.0. The van der Waals surface area contributed by atoms with Crippen molar-refractivity contribution in [2.75, 3.05) is 38.2 Å². The Morgan fingerprint density at radius 1 is 1.14 bits per heavy atom. The van der Waals surface area contributed by atoms with Crippen LogP contribution in [0.2, 0.25) is 0 Å². The number of ether oxygens (including phenoxy) is 1. The average molecular weight is 384 g/mol. The molecule has 3 amide bonds. The molecule has 0 unspecified atom stereocenters. The number of imide groups is 1. The van der Waals surface area contributed by atoms with Crippen molar-refractivity contribution in [3.63, 3.8) is 0 Å². The summed E-state index contributed by atoms with van der Waals surface area (Å²) in [4.78, 5) is 42.0. The number of hydrogen-bond acceptors (Lipinski definition) is 5. The Morgan fingerprint density at radius 2 is 1.89 bits per heavy atom. The van der Waals surface area contributed by atoms with Crippen LogP contribution in [0.25, 0.3) is 0 Å². The van der Waals surface area contributed by atoms with E-state index in [0.717, 1.165) is 4.90 Å². The predicted octanol–water partition coefficient (Wildman–Crippen LogP) is -0.0390. The second kappa shape index (κ2) is 7.47. The Labute approximate surface area is 162 Å². The van der Waals surface area contributed by atoms with E-state index in [0.29, 0.717) is 43.4 Å². The zero-order chi connectivity index (χ0) is 19.7. The number of methoxy groups -OCH3 is 1. The number of piperazine rings is 1. The van der Waals surface area contributed by atoms with Gasteiger partial charge in [0, 0.05) is 0 Å². The maximum absolute atomic E-state index is 13.0. The number of anilines is 1. The molecule has 2 saturated heterocycles. The maximum Gasteiger partial charge on any atom is 0.292 e. The Morgan fingerprint density at radius 3 is 2.57 bits per heavy atom. The smallest absolute Gasteiger partial charge is 0.292 e. The molecule has 1 aromatic heterocycles. The van der Waals surface area contributed by atoms with Crippen molar-refractivity contribution in [1.29, 1.82) is 0 Å². The van der Waals surface area contributed by atoms with Crippen LogP contribution in [0.5, 0.6) is 5.75 Å². The number of carbonyl (C=O) groups excluding carboxylic acids is 3. The van der Waals surface area contributed by atoms with Crippen molar-refractivity contribution in [3.8, 4) is 5.75 Å². The summed E-state index contributed by atoms with van der Waals surface area (Å²) in [6, 6.07) is 9.92. The van der Waals surface area contributed by atoms with Crippen LogP contribution in [0.3, 0.4) is 0 Å². The molecule has 2 fully saturated rings. The van der Waals surface area contributed by atoms with Crippen molar-refractivity contribution in [2.45, 2.75) is 12.5 Å². The van der Waals surface area contributed by atoms with Crippen molar-refractivity contribution < 1.29 is 28.4 Å². The fraction of sp³-hybridized carbons (Fsp3) is 0.350. The number of rotatable bonds is 4. The first kappa shape index (κ1) is 18.2. The quantitative estimate of drug-likeness (QED) is 0.748. The molecule has 2 aromatic rings. The van der Waals surface area contributed by atoms with E-state index in [4.69, 9.17) is 9.15 Å². The third-order valence-corrected chi connectivity index (χ3v) is 5.39. The normalized spacial score (nSPS) is 20.7. The lowest BCUT2D eigenvalue weighted by Crippen LogP contribution is -3.19. The summed E-state index contributed by atoms with van der Waals surface area (Å²) >= 11 is 0. The monoisotopic (exact) mass is 384 g/mol. The van der Waals surface area contributed by atoms with Crippen LogP contribution in [0.4, 0.5) is 5.69 Å². The molecule has 3 heterocycles. The van der Waals surface area contributed by atoms with Crippen LogP contribution >= 0.6 is 0 Å². The van der Waals surface area contributed by atoms with Gasteiger partial charge in [-0.1, -0.05) is 12.1 Å². The summed E-state index contributed by atoms with van der Waals surface area (Å²) in [5.41, 5.74) is 0.480. The van der Waals surface area contributed by atoms with E-state index in [9.17, 15) is 14.4 Å². The topological polar surface area (TPSA) is 84.5 Å². The average Bonchev–Trinajstić information content (AvgIpc) is 3.36. The van der Waals surface area contributed by atoms with E-state index in [1.54, 1.807) is 41.3 Å². The Hall–Kier alpha value is -3.13. The third-order valence-electron chi connectivity index (χ3n) is 5.39. The van der Waals surface area contributed by atoms with Gasteiger partial charge in [-0.25, -0.2) is 4.90 Å². The first-order valence-electron chi connectivity index (χ1n) is 9.27. The minimum Gasteiger partial charge on any atom is -0.495 e. The summed E-state index contributed by atoms with van der Waals surface area (Å²) in [6.45, 7) is 2.24. The molecule has 0 bridgehead atoms. The van der Waals surface area contributed by atoms with Gasteiger partial charge in [-0.3, -0.25) is 14.4 Å². The lowest BCUT2D eigenvalue weighted by molar-refractivity contribution is -0.918. The highest BCUT2D eigenvalue weighted by Gasteiger charge is 2.47. The molecule has 0 spiro atoms. The van der Waals surface area contributed by atoms with Crippen LogP contribution in [-0.4, -0.2) is 62.0 Å². The van der Waals surface area contributed by atoms with Gasteiger partial charge in [-0.05, 0) is 24.3 Å². The molecular formula is C20H22N3O5+. The van der Waals surface area contributed by atoms with Crippen LogP contribution in [0, 0.1) is 0 Å².